The normalized spacial score (nSPS) is 11.9. The molecule has 0 spiro atoms. The number of rotatable bonds is 5. The van der Waals surface area contributed by atoms with E-state index in [1.807, 2.05) is 6.07 Å². The van der Waals surface area contributed by atoms with E-state index in [2.05, 4.69) is 4.74 Å². The van der Waals surface area contributed by atoms with Gasteiger partial charge in [-0.05, 0) is 24.6 Å². The zero-order chi connectivity index (χ0) is 12.8. The molecule has 0 radical (unpaired) electrons. The van der Waals surface area contributed by atoms with Crippen molar-refractivity contribution < 1.29 is 14.3 Å². The Morgan fingerprint density at radius 3 is 2.76 bits per heavy atom. The van der Waals surface area contributed by atoms with Gasteiger partial charge >= 0.3 is 5.97 Å². The molecule has 1 rings (SSSR count). The van der Waals surface area contributed by atoms with Gasteiger partial charge in [0, 0.05) is 5.75 Å². The van der Waals surface area contributed by atoms with Gasteiger partial charge in [-0.1, -0.05) is 12.1 Å². The Balaban J connectivity index is 2.66. The van der Waals surface area contributed by atoms with E-state index < -0.39 is 0 Å². The largest absolute Gasteiger partial charge is 0.465 e. The minimum absolute atomic E-state index is 0.239. The van der Waals surface area contributed by atoms with Crippen LogP contribution in [0.5, 0.6) is 0 Å². The van der Waals surface area contributed by atoms with Crippen LogP contribution in [0.15, 0.2) is 24.3 Å². The van der Waals surface area contributed by atoms with E-state index in [0.29, 0.717) is 11.3 Å². The van der Waals surface area contributed by atoms with E-state index in [9.17, 15) is 9.59 Å². The number of thioether (sulfide) groups is 1. The van der Waals surface area contributed by atoms with E-state index in [0.717, 1.165) is 5.56 Å². The topological polar surface area (TPSA) is 69.4 Å². The van der Waals surface area contributed by atoms with E-state index in [1.54, 1.807) is 25.1 Å². The Morgan fingerprint density at radius 1 is 1.47 bits per heavy atom. The lowest BCUT2D eigenvalue weighted by Crippen LogP contribution is -2.22. The first-order chi connectivity index (χ1) is 8.04. The molecule has 1 amide bonds. The van der Waals surface area contributed by atoms with Crippen molar-refractivity contribution in [2.75, 3.05) is 7.11 Å². The van der Waals surface area contributed by atoms with Crippen LogP contribution in [0, 0.1) is 0 Å². The number of methoxy groups -OCH3 is 1. The van der Waals surface area contributed by atoms with E-state index in [4.69, 9.17) is 5.73 Å². The zero-order valence-electron chi connectivity index (χ0n) is 9.80. The summed E-state index contributed by atoms with van der Waals surface area (Å²) in [4.78, 5) is 22.2. The number of carbonyl (C=O) groups is 2. The number of carbonyl (C=O) groups excluding carboxylic acids is 2. The minimum atomic E-state index is -0.361. The van der Waals surface area contributed by atoms with Gasteiger partial charge in [0.2, 0.25) is 5.91 Å². The van der Waals surface area contributed by atoms with Gasteiger partial charge in [0.25, 0.3) is 0 Å². The molecular formula is C12H15NO3S. The molecule has 17 heavy (non-hydrogen) atoms. The highest BCUT2D eigenvalue weighted by Gasteiger charge is 2.10. The highest BCUT2D eigenvalue weighted by atomic mass is 32.2. The minimum Gasteiger partial charge on any atom is -0.465 e. The highest BCUT2D eigenvalue weighted by Crippen LogP contribution is 2.18. The number of amides is 1. The van der Waals surface area contributed by atoms with Gasteiger partial charge in [0.1, 0.15) is 0 Å². The van der Waals surface area contributed by atoms with Crippen LogP contribution in [-0.4, -0.2) is 24.2 Å². The molecule has 0 fully saturated rings. The average molecular weight is 253 g/mol. The van der Waals surface area contributed by atoms with Gasteiger partial charge < -0.3 is 10.5 Å². The maximum Gasteiger partial charge on any atom is 0.337 e. The maximum absolute atomic E-state index is 11.3. The van der Waals surface area contributed by atoms with E-state index >= 15 is 0 Å². The molecule has 5 heteroatoms. The number of benzene rings is 1. The van der Waals surface area contributed by atoms with Crippen LogP contribution >= 0.6 is 11.8 Å². The molecule has 0 aliphatic rings. The number of hydrogen-bond donors (Lipinski definition) is 1. The second kappa shape index (κ2) is 6.30. The first-order valence-electron chi connectivity index (χ1n) is 5.12. The third kappa shape index (κ3) is 4.11. The van der Waals surface area contributed by atoms with Gasteiger partial charge in [0.05, 0.1) is 17.9 Å². The fourth-order valence-corrected chi connectivity index (χ4v) is 2.00. The summed E-state index contributed by atoms with van der Waals surface area (Å²) < 4.78 is 4.64. The maximum atomic E-state index is 11.3. The fraction of sp³-hybridized carbons (Fsp3) is 0.333. The molecule has 2 N–H and O–H groups in total. The molecule has 4 nitrogen and oxygen atoms in total. The summed E-state index contributed by atoms with van der Waals surface area (Å²) in [5.41, 5.74) is 6.64. The van der Waals surface area contributed by atoms with Crippen molar-refractivity contribution >= 4 is 23.6 Å². The third-order valence-corrected chi connectivity index (χ3v) is 3.48. The molecule has 0 aliphatic heterocycles. The van der Waals surface area contributed by atoms with Crippen molar-refractivity contribution in [3.63, 3.8) is 0 Å². The Kier molecular flexibility index (Phi) is 5.03. The molecule has 0 aromatic heterocycles. The van der Waals surface area contributed by atoms with Gasteiger partial charge in [-0.25, -0.2) is 4.79 Å². The smallest absolute Gasteiger partial charge is 0.337 e. The molecular weight excluding hydrogens is 238 g/mol. The first kappa shape index (κ1) is 13.6. The quantitative estimate of drug-likeness (QED) is 0.809. The van der Waals surface area contributed by atoms with E-state index in [-0.39, 0.29) is 17.1 Å². The Hall–Kier alpha value is -1.49. The van der Waals surface area contributed by atoms with Crippen LogP contribution in [0.4, 0.5) is 0 Å². The van der Waals surface area contributed by atoms with Crippen LogP contribution in [0.1, 0.15) is 22.8 Å². The summed E-state index contributed by atoms with van der Waals surface area (Å²) >= 11 is 1.44. The molecule has 1 aromatic carbocycles. The molecule has 0 heterocycles. The zero-order valence-corrected chi connectivity index (χ0v) is 10.6. The average Bonchev–Trinajstić information content (AvgIpc) is 2.35. The summed E-state index contributed by atoms with van der Waals surface area (Å²) in [5, 5.41) is -0.239. The number of esters is 1. The van der Waals surface area contributed by atoms with Crippen LogP contribution in [-0.2, 0) is 15.3 Å². The van der Waals surface area contributed by atoms with Crippen LogP contribution in [0.3, 0.4) is 0 Å². The molecule has 0 aliphatic carbocycles. The Labute approximate surface area is 105 Å². The van der Waals surface area contributed by atoms with Crippen LogP contribution in [0.25, 0.3) is 0 Å². The highest BCUT2D eigenvalue weighted by molar-refractivity contribution is 7.99. The molecule has 1 atom stereocenters. The number of nitrogens with two attached hydrogens (primary N) is 1. The van der Waals surface area contributed by atoms with Crippen molar-refractivity contribution in [1.82, 2.24) is 0 Å². The van der Waals surface area contributed by atoms with Gasteiger partial charge in [-0.2, -0.15) is 0 Å². The van der Waals surface area contributed by atoms with Crippen molar-refractivity contribution in [2.45, 2.75) is 17.9 Å². The lowest BCUT2D eigenvalue weighted by Gasteiger charge is -2.07. The van der Waals surface area contributed by atoms with Gasteiger partial charge in [-0.3, -0.25) is 4.79 Å². The Morgan fingerprint density at radius 2 is 2.18 bits per heavy atom. The van der Waals surface area contributed by atoms with Crippen LogP contribution in [0.2, 0.25) is 0 Å². The van der Waals surface area contributed by atoms with Gasteiger partial charge in [-0.15, -0.1) is 11.8 Å². The van der Waals surface area contributed by atoms with Crippen molar-refractivity contribution in [2.24, 2.45) is 5.73 Å². The summed E-state index contributed by atoms with van der Waals surface area (Å²) in [7, 11) is 1.35. The van der Waals surface area contributed by atoms with Crippen molar-refractivity contribution in [1.29, 1.82) is 0 Å². The molecule has 0 unspecified atom stereocenters. The number of primary amides is 1. The lowest BCUT2D eigenvalue weighted by molar-refractivity contribution is -0.117. The van der Waals surface area contributed by atoms with E-state index in [1.165, 1.54) is 18.9 Å². The monoisotopic (exact) mass is 253 g/mol. The second-order valence-corrected chi connectivity index (χ2v) is 4.88. The third-order valence-electron chi connectivity index (χ3n) is 2.25. The molecule has 92 valence electrons. The second-order valence-electron chi connectivity index (χ2n) is 3.55. The lowest BCUT2D eigenvalue weighted by atomic mass is 10.1. The molecule has 0 saturated carbocycles. The number of ether oxygens (including phenoxy) is 1. The summed E-state index contributed by atoms with van der Waals surface area (Å²) in [5.74, 6) is -0.0616. The fourth-order valence-electron chi connectivity index (χ4n) is 1.21. The number of hydrogen-bond acceptors (Lipinski definition) is 4. The van der Waals surface area contributed by atoms with Crippen LogP contribution < -0.4 is 5.73 Å². The van der Waals surface area contributed by atoms with Crippen molar-refractivity contribution in [3.8, 4) is 0 Å². The predicted molar refractivity (Wildman–Crippen MR) is 67.7 cm³/mol. The predicted octanol–water partition coefficient (Wildman–Crippen LogP) is 1.58. The summed E-state index contributed by atoms with van der Waals surface area (Å²) in [6.45, 7) is 1.76. The molecule has 0 saturated heterocycles. The summed E-state index contributed by atoms with van der Waals surface area (Å²) in [6, 6.07) is 7.13. The first-order valence-corrected chi connectivity index (χ1v) is 6.17. The molecule has 1 aromatic rings. The summed E-state index contributed by atoms with van der Waals surface area (Å²) in [6.07, 6.45) is 0. The standard InChI is InChI=1S/C12H15NO3S/c1-8(11(13)14)17-7-9-4-3-5-10(6-9)12(15)16-2/h3-6,8H,7H2,1-2H3,(H2,13,14)/t8-/m0/s1. The molecule has 0 bridgehead atoms. The SMILES string of the molecule is COC(=O)c1cccc(CS[C@@H](C)C(N)=O)c1. The van der Waals surface area contributed by atoms with Crippen molar-refractivity contribution in [3.05, 3.63) is 35.4 Å². The van der Waals surface area contributed by atoms with Gasteiger partial charge in [0.15, 0.2) is 0 Å². The Bertz CT molecular complexity index is 420.